The SMILES string of the molecule is O=C(Cc1ccc(F)cc1)N1CCC(O)c2cc(Cl)ccc21. The van der Waals surface area contributed by atoms with Gasteiger partial charge in [0.1, 0.15) is 5.82 Å². The predicted molar refractivity (Wildman–Crippen MR) is 83.5 cm³/mol. The number of hydrogen-bond acceptors (Lipinski definition) is 2. The second-order valence-corrected chi connectivity index (χ2v) is 5.79. The molecular weight excluding hydrogens is 305 g/mol. The van der Waals surface area contributed by atoms with Gasteiger partial charge in [-0.3, -0.25) is 4.79 Å². The zero-order chi connectivity index (χ0) is 15.7. The van der Waals surface area contributed by atoms with Gasteiger partial charge < -0.3 is 10.0 Å². The number of aliphatic hydroxyl groups excluding tert-OH is 1. The number of rotatable bonds is 2. The van der Waals surface area contributed by atoms with E-state index < -0.39 is 6.10 Å². The van der Waals surface area contributed by atoms with Crippen molar-refractivity contribution in [2.24, 2.45) is 0 Å². The van der Waals surface area contributed by atoms with Crippen molar-refractivity contribution in [3.05, 3.63) is 64.4 Å². The Morgan fingerprint density at radius 3 is 2.73 bits per heavy atom. The summed E-state index contributed by atoms with van der Waals surface area (Å²) in [6.45, 7) is 0.454. The van der Waals surface area contributed by atoms with Crippen LogP contribution >= 0.6 is 11.6 Å². The molecule has 0 radical (unpaired) electrons. The minimum Gasteiger partial charge on any atom is -0.388 e. The predicted octanol–water partition coefficient (Wildman–Crippen LogP) is 3.49. The first-order valence-electron chi connectivity index (χ1n) is 7.07. The third-order valence-corrected chi connectivity index (χ3v) is 4.07. The number of halogens is 2. The lowest BCUT2D eigenvalue weighted by atomic mass is 9.98. The molecule has 1 amide bonds. The number of hydrogen-bond donors (Lipinski definition) is 1. The minimum atomic E-state index is -0.608. The minimum absolute atomic E-state index is 0.0814. The molecule has 3 nitrogen and oxygen atoms in total. The fraction of sp³-hybridized carbons (Fsp3) is 0.235. The van der Waals surface area contributed by atoms with Crippen LogP contribution in [0.2, 0.25) is 5.02 Å². The average molecular weight is 320 g/mol. The summed E-state index contributed by atoms with van der Waals surface area (Å²) in [4.78, 5) is 14.2. The molecule has 0 saturated heterocycles. The Morgan fingerprint density at radius 1 is 1.27 bits per heavy atom. The Kier molecular flexibility index (Phi) is 4.14. The first kappa shape index (κ1) is 15.0. The fourth-order valence-corrected chi connectivity index (χ4v) is 2.88. The zero-order valence-electron chi connectivity index (χ0n) is 11.8. The van der Waals surface area contributed by atoms with Crippen LogP contribution < -0.4 is 4.90 Å². The molecule has 0 bridgehead atoms. The lowest BCUT2D eigenvalue weighted by Crippen LogP contribution is -2.37. The summed E-state index contributed by atoms with van der Waals surface area (Å²) >= 11 is 5.96. The first-order chi connectivity index (χ1) is 10.5. The second-order valence-electron chi connectivity index (χ2n) is 5.36. The summed E-state index contributed by atoms with van der Waals surface area (Å²) in [6.07, 6.45) is 0.0598. The number of aliphatic hydroxyl groups is 1. The molecule has 0 spiro atoms. The highest BCUT2D eigenvalue weighted by molar-refractivity contribution is 6.30. The van der Waals surface area contributed by atoms with E-state index in [2.05, 4.69) is 0 Å². The van der Waals surface area contributed by atoms with Gasteiger partial charge in [0.2, 0.25) is 5.91 Å². The molecule has 3 rings (SSSR count). The van der Waals surface area contributed by atoms with Gasteiger partial charge in [-0.15, -0.1) is 0 Å². The number of carbonyl (C=O) groups excluding carboxylic acids is 1. The molecule has 1 aliphatic rings. The number of amides is 1. The van der Waals surface area contributed by atoms with Crippen LogP contribution in [0.15, 0.2) is 42.5 Å². The maximum Gasteiger partial charge on any atom is 0.231 e. The van der Waals surface area contributed by atoms with Crippen molar-refractivity contribution in [1.82, 2.24) is 0 Å². The van der Waals surface area contributed by atoms with Crippen molar-refractivity contribution in [1.29, 1.82) is 0 Å². The maximum absolute atomic E-state index is 12.9. The lowest BCUT2D eigenvalue weighted by Gasteiger charge is -2.32. The standard InChI is InChI=1S/C17H15ClFNO2/c18-12-3-6-15-14(10-12)16(21)7-8-20(15)17(22)9-11-1-4-13(19)5-2-11/h1-6,10,16,21H,7-9H2. The molecule has 1 aliphatic heterocycles. The smallest absolute Gasteiger partial charge is 0.231 e. The van der Waals surface area contributed by atoms with Gasteiger partial charge in [0, 0.05) is 22.8 Å². The zero-order valence-corrected chi connectivity index (χ0v) is 12.6. The molecule has 0 fully saturated rings. The molecule has 0 saturated carbocycles. The van der Waals surface area contributed by atoms with Crippen molar-refractivity contribution in [2.45, 2.75) is 18.9 Å². The Bertz CT molecular complexity index is 702. The van der Waals surface area contributed by atoms with Crippen LogP contribution in [0.1, 0.15) is 23.7 Å². The van der Waals surface area contributed by atoms with Crippen molar-refractivity contribution in [3.63, 3.8) is 0 Å². The molecular formula is C17H15ClFNO2. The quantitative estimate of drug-likeness (QED) is 0.920. The number of fused-ring (bicyclic) bond motifs is 1. The van der Waals surface area contributed by atoms with E-state index in [1.165, 1.54) is 12.1 Å². The maximum atomic E-state index is 12.9. The topological polar surface area (TPSA) is 40.5 Å². The van der Waals surface area contributed by atoms with Crippen LogP contribution in [0, 0.1) is 5.82 Å². The van der Waals surface area contributed by atoms with Crippen LogP contribution in [0.5, 0.6) is 0 Å². The highest BCUT2D eigenvalue weighted by Crippen LogP contribution is 2.35. The molecule has 114 valence electrons. The van der Waals surface area contributed by atoms with Gasteiger partial charge in [-0.05, 0) is 42.3 Å². The van der Waals surface area contributed by atoms with Gasteiger partial charge in [0.15, 0.2) is 0 Å². The Balaban J connectivity index is 1.85. The van der Waals surface area contributed by atoms with Gasteiger partial charge in [-0.2, -0.15) is 0 Å². The van der Waals surface area contributed by atoms with Gasteiger partial charge in [0.25, 0.3) is 0 Å². The Labute approximate surface area is 132 Å². The second kappa shape index (κ2) is 6.07. The molecule has 1 atom stereocenters. The van der Waals surface area contributed by atoms with Crippen molar-refractivity contribution in [2.75, 3.05) is 11.4 Å². The highest BCUT2D eigenvalue weighted by atomic mass is 35.5. The monoisotopic (exact) mass is 319 g/mol. The average Bonchev–Trinajstić information content (AvgIpc) is 2.50. The molecule has 0 aromatic heterocycles. The van der Waals surface area contributed by atoms with Gasteiger partial charge in [-0.1, -0.05) is 23.7 Å². The van der Waals surface area contributed by atoms with Gasteiger partial charge >= 0.3 is 0 Å². The summed E-state index contributed by atoms with van der Waals surface area (Å²) in [6, 6.07) is 11.0. The molecule has 1 heterocycles. The van der Waals surface area contributed by atoms with Crippen LogP contribution in [0.4, 0.5) is 10.1 Å². The lowest BCUT2D eigenvalue weighted by molar-refractivity contribution is -0.118. The molecule has 5 heteroatoms. The van der Waals surface area contributed by atoms with Gasteiger partial charge in [-0.25, -0.2) is 4.39 Å². The largest absolute Gasteiger partial charge is 0.388 e. The van der Waals surface area contributed by atoms with E-state index in [4.69, 9.17) is 11.6 Å². The molecule has 1 N–H and O–H groups in total. The fourth-order valence-electron chi connectivity index (χ4n) is 2.70. The normalized spacial score (nSPS) is 17.2. The van der Waals surface area contributed by atoms with Crippen LogP contribution in [0.3, 0.4) is 0 Å². The van der Waals surface area contributed by atoms with E-state index in [0.29, 0.717) is 29.2 Å². The molecule has 2 aromatic carbocycles. The Hall–Kier alpha value is -1.91. The van der Waals surface area contributed by atoms with E-state index in [9.17, 15) is 14.3 Å². The van der Waals surface area contributed by atoms with E-state index in [-0.39, 0.29) is 18.1 Å². The molecule has 1 unspecified atom stereocenters. The third kappa shape index (κ3) is 2.98. The van der Waals surface area contributed by atoms with Crippen LogP contribution in [-0.2, 0) is 11.2 Å². The summed E-state index contributed by atoms with van der Waals surface area (Å²) < 4.78 is 12.9. The summed E-state index contributed by atoms with van der Waals surface area (Å²) in [5.41, 5.74) is 2.12. The summed E-state index contributed by atoms with van der Waals surface area (Å²) in [5, 5.41) is 10.6. The van der Waals surface area contributed by atoms with Crippen molar-refractivity contribution < 1.29 is 14.3 Å². The highest BCUT2D eigenvalue weighted by Gasteiger charge is 2.27. The number of benzene rings is 2. The van der Waals surface area contributed by atoms with E-state index in [0.717, 1.165) is 5.56 Å². The Morgan fingerprint density at radius 2 is 2.00 bits per heavy atom. The molecule has 0 aliphatic carbocycles. The van der Waals surface area contributed by atoms with E-state index in [1.54, 1.807) is 35.2 Å². The third-order valence-electron chi connectivity index (χ3n) is 3.84. The summed E-state index contributed by atoms with van der Waals surface area (Å²) in [5.74, 6) is -0.403. The first-order valence-corrected chi connectivity index (χ1v) is 7.45. The molecule has 2 aromatic rings. The number of nitrogens with zero attached hydrogens (tertiary/aromatic N) is 1. The van der Waals surface area contributed by atoms with Crippen LogP contribution in [-0.4, -0.2) is 17.6 Å². The molecule has 22 heavy (non-hydrogen) atoms. The van der Waals surface area contributed by atoms with E-state index in [1.807, 2.05) is 0 Å². The van der Waals surface area contributed by atoms with E-state index >= 15 is 0 Å². The number of carbonyl (C=O) groups is 1. The summed E-state index contributed by atoms with van der Waals surface area (Å²) in [7, 11) is 0. The number of anilines is 1. The van der Waals surface area contributed by atoms with Gasteiger partial charge in [0.05, 0.1) is 12.5 Å². The van der Waals surface area contributed by atoms with Crippen molar-refractivity contribution in [3.8, 4) is 0 Å². The van der Waals surface area contributed by atoms with Crippen LogP contribution in [0.25, 0.3) is 0 Å². The van der Waals surface area contributed by atoms with Crippen molar-refractivity contribution >= 4 is 23.2 Å².